The summed E-state index contributed by atoms with van der Waals surface area (Å²) < 4.78 is 8.20. The smallest absolute Gasteiger partial charge is 0.0986 e. The molecule has 4 nitrogen and oxygen atoms in total. The largest absolute Gasteiger partial charge is 0.368 e. The molecular weight excluding hydrogens is 322 g/mol. The van der Waals surface area contributed by atoms with Crippen molar-refractivity contribution in [1.82, 2.24) is 14.7 Å². The minimum Gasteiger partial charge on any atom is -0.368 e. The van der Waals surface area contributed by atoms with Crippen molar-refractivity contribution in [3.63, 3.8) is 0 Å². The second-order valence-electron chi connectivity index (χ2n) is 7.07. The Morgan fingerprint density at radius 2 is 1.58 bits per heavy atom. The molecule has 4 rings (SSSR count). The van der Waals surface area contributed by atoms with E-state index in [2.05, 4.69) is 77.7 Å². The van der Waals surface area contributed by atoms with E-state index in [4.69, 9.17) is 4.74 Å². The predicted octanol–water partition coefficient (Wildman–Crippen LogP) is 3.89. The molecule has 3 aromatic rings. The summed E-state index contributed by atoms with van der Waals surface area (Å²) in [5, 5.41) is 4.54. The first-order valence-corrected chi connectivity index (χ1v) is 9.24. The molecule has 0 amide bonds. The fraction of sp³-hybridized carbons (Fsp3) is 0.318. The Bertz CT molecular complexity index is 816. The Balaban J connectivity index is 1.43. The van der Waals surface area contributed by atoms with Crippen molar-refractivity contribution < 1.29 is 4.74 Å². The molecule has 0 bridgehead atoms. The average Bonchev–Trinajstić information content (AvgIpc) is 3.11. The Kier molecular flexibility index (Phi) is 5.14. The van der Waals surface area contributed by atoms with Crippen molar-refractivity contribution in [3.8, 4) is 0 Å². The fourth-order valence-electron chi connectivity index (χ4n) is 3.60. The van der Waals surface area contributed by atoms with Gasteiger partial charge in [-0.2, -0.15) is 5.10 Å². The van der Waals surface area contributed by atoms with Gasteiger partial charge in [-0.3, -0.25) is 9.58 Å². The van der Waals surface area contributed by atoms with E-state index >= 15 is 0 Å². The van der Waals surface area contributed by atoms with Crippen molar-refractivity contribution in [1.29, 1.82) is 0 Å². The SMILES string of the molecule is CC1CN(Cc2ccccc2)CC(c2cnn(Cc3ccccc3)c2)O1. The van der Waals surface area contributed by atoms with E-state index in [0.29, 0.717) is 0 Å². The van der Waals surface area contributed by atoms with Crippen LogP contribution in [0.15, 0.2) is 73.1 Å². The molecule has 2 aromatic carbocycles. The van der Waals surface area contributed by atoms with Crippen LogP contribution in [-0.4, -0.2) is 33.9 Å². The molecule has 0 aliphatic carbocycles. The lowest BCUT2D eigenvalue weighted by Gasteiger charge is -2.36. The van der Waals surface area contributed by atoms with Gasteiger partial charge in [0.15, 0.2) is 0 Å². The molecular formula is C22H25N3O. The molecule has 0 radical (unpaired) electrons. The van der Waals surface area contributed by atoms with Gasteiger partial charge in [0.1, 0.15) is 0 Å². The second-order valence-corrected chi connectivity index (χ2v) is 7.07. The van der Waals surface area contributed by atoms with Gasteiger partial charge >= 0.3 is 0 Å². The van der Waals surface area contributed by atoms with E-state index in [9.17, 15) is 0 Å². The van der Waals surface area contributed by atoms with E-state index in [1.165, 1.54) is 11.1 Å². The van der Waals surface area contributed by atoms with E-state index in [1.54, 1.807) is 0 Å². The molecule has 0 saturated carbocycles. The quantitative estimate of drug-likeness (QED) is 0.701. The maximum Gasteiger partial charge on any atom is 0.0986 e. The maximum atomic E-state index is 6.21. The summed E-state index contributed by atoms with van der Waals surface area (Å²) in [7, 11) is 0. The normalized spacial score (nSPS) is 21.0. The molecule has 2 unspecified atom stereocenters. The Hall–Kier alpha value is -2.43. The van der Waals surface area contributed by atoms with Crippen LogP contribution in [0, 0.1) is 0 Å². The first kappa shape index (κ1) is 17.0. The molecule has 2 atom stereocenters. The number of ether oxygens (including phenoxy) is 1. The summed E-state index contributed by atoms with van der Waals surface area (Å²) >= 11 is 0. The summed E-state index contributed by atoms with van der Waals surface area (Å²) in [6.45, 7) is 5.76. The summed E-state index contributed by atoms with van der Waals surface area (Å²) in [5.74, 6) is 0. The Morgan fingerprint density at radius 1 is 0.923 bits per heavy atom. The number of hydrogen-bond donors (Lipinski definition) is 0. The highest BCUT2D eigenvalue weighted by atomic mass is 16.5. The molecule has 134 valence electrons. The molecule has 1 aliphatic rings. The van der Waals surface area contributed by atoms with Gasteiger partial charge in [0, 0.05) is 31.4 Å². The van der Waals surface area contributed by atoms with Gasteiger partial charge in [-0.25, -0.2) is 0 Å². The minimum absolute atomic E-state index is 0.0759. The van der Waals surface area contributed by atoms with Crippen molar-refractivity contribution in [3.05, 3.63) is 89.7 Å². The van der Waals surface area contributed by atoms with Gasteiger partial charge < -0.3 is 4.74 Å². The minimum atomic E-state index is 0.0759. The molecule has 4 heteroatoms. The highest BCUT2D eigenvalue weighted by Gasteiger charge is 2.27. The van der Waals surface area contributed by atoms with Gasteiger partial charge in [0.25, 0.3) is 0 Å². The molecule has 1 aromatic heterocycles. The second kappa shape index (κ2) is 7.85. The topological polar surface area (TPSA) is 30.3 Å². The monoisotopic (exact) mass is 347 g/mol. The number of morpholine rings is 1. The maximum absolute atomic E-state index is 6.21. The first-order valence-electron chi connectivity index (χ1n) is 9.24. The Labute approximate surface area is 155 Å². The molecule has 26 heavy (non-hydrogen) atoms. The van der Waals surface area contributed by atoms with Gasteiger partial charge in [-0.1, -0.05) is 60.7 Å². The molecule has 0 N–H and O–H groups in total. The van der Waals surface area contributed by atoms with Crippen LogP contribution in [-0.2, 0) is 17.8 Å². The van der Waals surface area contributed by atoms with Crippen LogP contribution in [0.2, 0.25) is 0 Å². The molecule has 2 heterocycles. The molecule has 0 spiro atoms. The van der Waals surface area contributed by atoms with Crippen molar-refractivity contribution in [2.75, 3.05) is 13.1 Å². The Morgan fingerprint density at radius 3 is 2.27 bits per heavy atom. The van der Waals surface area contributed by atoms with Crippen LogP contribution < -0.4 is 0 Å². The zero-order chi connectivity index (χ0) is 17.8. The highest BCUT2D eigenvalue weighted by Crippen LogP contribution is 2.26. The van der Waals surface area contributed by atoms with Gasteiger partial charge in [0.2, 0.25) is 0 Å². The molecule has 1 fully saturated rings. The van der Waals surface area contributed by atoms with Crippen LogP contribution in [0.5, 0.6) is 0 Å². The highest BCUT2D eigenvalue weighted by molar-refractivity contribution is 5.17. The van der Waals surface area contributed by atoms with Crippen molar-refractivity contribution >= 4 is 0 Å². The van der Waals surface area contributed by atoms with E-state index in [1.807, 2.05) is 16.9 Å². The number of nitrogens with zero attached hydrogens (tertiary/aromatic N) is 3. The summed E-state index contributed by atoms with van der Waals surface area (Å²) in [4.78, 5) is 2.47. The summed E-state index contributed by atoms with van der Waals surface area (Å²) in [6, 6.07) is 21.1. The standard InChI is InChI=1S/C22H25N3O/c1-18-13-24(14-19-8-4-2-5-9-19)17-22(26-18)21-12-23-25(16-21)15-20-10-6-3-7-11-20/h2-12,16,18,22H,13-15,17H2,1H3. The van der Waals surface area contributed by atoms with E-state index < -0.39 is 0 Å². The van der Waals surface area contributed by atoms with Crippen molar-refractivity contribution in [2.24, 2.45) is 0 Å². The third-order valence-electron chi connectivity index (χ3n) is 4.80. The summed E-state index contributed by atoms with van der Waals surface area (Å²) in [5.41, 5.74) is 3.76. The third-order valence-corrected chi connectivity index (χ3v) is 4.80. The average molecular weight is 347 g/mol. The van der Waals surface area contributed by atoms with Crippen LogP contribution >= 0.6 is 0 Å². The lowest BCUT2D eigenvalue weighted by Crippen LogP contribution is -2.42. The fourth-order valence-corrected chi connectivity index (χ4v) is 3.60. The van der Waals surface area contributed by atoms with Crippen LogP contribution in [0.4, 0.5) is 0 Å². The predicted molar refractivity (Wildman–Crippen MR) is 103 cm³/mol. The number of aromatic nitrogens is 2. The van der Waals surface area contributed by atoms with Gasteiger partial charge in [-0.05, 0) is 18.1 Å². The van der Waals surface area contributed by atoms with Gasteiger partial charge in [0.05, 0.1) is 24.9 Å². The molecule has 1 aliphatic heterocycles. The molecule has 1 saturated heterocycles. The van der Waals surface area contributed by atoms with E-state index in [0.717, 1.165) is 31.7 Å². The van der Waals surface area contributed by atoms with Crippen LogP contribution in [0.3, 0.4) is 0 Å². The first-order chi connectivity index (χ1) is 12.8. The zero-order valence-electron chi connectivity index (χ0n) is 15.2. The summed E-state index contributed by atoms with van der Waals surface area (Å²) in [6.07, 6.45) is 4.37. The van der Waals surface area contributed by atoms with Crippen molar-refractivity contribution in [2.45, 2.75) is 32.2 Å². The van der Waals surface area contributed by atoms with Crippen LogP contribution in [0.25, 0.3) is 0 Å². The number of benzene rings is 2. The lowest BCUT2D eigenvalue weighted by molar-refractivity contribution is -0.0814. The zero-order valence-corrected chi connectivity index (χ0v) is 15.2. The van der Waals surface area contributed by atoms with Crippen LogP contribution in [0.1, 0.15) is 29.7 Å². The lowest BCUT2D eigenvalue weighted by atomic mass is 10.1. The number of rotatable bonds is 5. The van der Waals surface area contributed by atoms with E-state index in [-0.39, 0.29) is 12.2 Å². The van der Waals surface area contributed by atoms with Gasteiger partial charge in [-0.15, -0.1) is 0 Å². The third kappa shape index (κ3) is 4.21. The number of hydrogen-bond acceptors (Lipinski definition) is 3.